The smallest absolute Gasteiger partial charge is 0.223 e. The second kappa shape index (κ2) is 7.37. The molecule has 0 radical (unpaired) electrons. The van der Waals surface area contributed by atoms with Crippen molar-refractivity contribution in [2.75, 3.05) is 13.2 Å². The summed E-state index contributed by atoms with van der Waals surface area (Å²) in [5.41, 5.74) is 2.22. The number of amides is 1. The fourth-order valence-corrected chi connectivity index (χ4v) is 4.19. The maximum absolute atomic E-state index is 12.4. The van der Waals surface area contributed by atoms with E-state index in [4.69, 9.17) is 4.74 Å². The molecule has 130 valence electrons. The molecule has 1 aromatic rings. The maximum atomic E-state index is 12.4. The molecule has 0 aliphatic heterocycles. The summed E-state index contributed by atoms with van der Waals surface area (Å²) in [7, 11) is 0. The highest BCUT2D eigenvalue weighted by Crippen LogP contribution is 2.40. The van der Waals surface area contributed by atoms with Gasteiger partial charge in [-0.15, -0.1) is 0 Å². The van der Waals surface area contributed by atoms with Gasteiger partial charge in [-0.25, -0.2) is 0 Å². The van der Waals surface area contributed by atoms with Gasteiger partial charge in [0.2, 0.25) is 5.91 Å². The van der Waals surface area contributed by atoms with Gasteiger partial charge in [-0.05, 0) is 50.7 Å². The second-order valence-electron chi connectivity index (χ2n) is 7.26. The number of Topliss-reactive ketones (excluding diaryl/α,β-unsaturated/α-hetero) is 1. The van der Waals surface area contributed by atoms with Crippen LogP contribution in [0.25, 0.3) is 0 Å². The number of rotatable bonds is 5. The minimum atomic E-state index is -0.00167. The molecule has 0 heterocycles. The van der Waals surface area contributed by atoms with Gasteiger partial charge < -0.3 is 10.1 Å². The summed E-state index contributed by atoms with van der Waals surface area (Å²) >= 11 is 0. The number of hydrogen-bond donors (Lipinski definition) is 1. The van der Waals surface area contributed by atoms with E-state index < -0.39 is 0 Å². The molecule has 2 aliphatic rings. The first-order chi connectivity index (χ1) is 11.6. The third-order valence-corrected chi connectivity index (χ3v) is 5.48. The molecule has 2 bridgehead atoms. The number of carbonyl (C=O) groups is 2. The van der Waals surface area contributed by atoms with Crippen LogP contribution >= 0.6 is 0 Å². The van der Waals surface area contributed by atoms with Crippen LogP contribution in [-0.4, -0.2) is 24.8 Å². The van der Waals surface area contributed by atoms with Crippen LogP contribution < -0.4 is 10.1 Å². The van der Waals surface area contributed by atoms with E-state index in [9.17, 15) is 9.59 Å². The zero-order chi connectivity index (χ0) is 17.1. The Morgan fingerprint density at radius 1 is 1.17 bits per heavy atom. The Hall–Kier alpha value is -1.84. The molecule has 1 aromatic carbocycles. The van der Waals surface area contributed by atoms with Gasteiger partial charge in [0.1, 0.15) is 18.1 Å². The van der Waals surface area contributed by atoms with E-state index in [1.165, 1.54) is 0 Å². The standard InChI is InChI=1S/C20H27NO3/c1-13-5-3-6-14(2)19(13)24-10-9-21-20(23)17-11-15-7-4-8-16(12-17)18(15)22/h3,5-6,15-17H,4,7-12H2,1-2H3,(H,21,23)/t15-,16+,17?. The fraction of sp³-hybridized carbons (Fsp3) is 0.600. The van der Waals surface area contributed by atoms with E-state index >= 15 is 0 Å². The number of fused-ring (bicyclic) bond motifs is 2. The van der Waals surface area contributed by atoms with Crippen molar-refractivity contribution >= 4 is 11.7 Å². The first kappa shape index (κ1) is 17.0. The first-order valence-electron chi connectivity index (χ1n) is 9.06. The largest absolute Gasteiger partial charge is 0.491 e. The lowest BCUT2D eigenvalue weighted by Crippen LogP contribution is -2.43. The number of ether oxygens (including phenoxy) is 1. The molecule has 2 saturated carbocycles. The summed E-state index contributed by atoms with van der Waals surface area (Å²) in [6.07, 6.45) is 4.54. The predicted molar refractivity (Wildman–Crippen MR) is 93.0 cm³/mol. The number of para-hydroxylation sites is 1. The van der Waals surface area contributed by atoms with Gasteiger partial charge >= 0.3 is 0 Å². The van der Waals surface area contributed by atoms with E-state index in [1.54, 1.807) is 0 Å². The highest BCUT2D eigenvalue weighted by Gasteiger charge is 2.41. The molecular weight excluding hydrogens is 302 g/mol. The van der Waals surface area contributed by atoms with Crippen LogP contribution in [0.5, 0.6) is 5.75 Å². The van der Waals surface area contributed by atoms with Gasteiger partial charge in [-0.2, -0.15) is 0 Å². The Morgan fingerprint density at radius 2 is 1.79 bits per heavy atom. The van der Waals surface area contributed by atoms with Gasteiger partial charge in [0.05, 0.1) is 6.54 Å². The minimum absolute atomic E-state index is 0.00167. The first-order valence-corrected chi connectivity index (χ1v) is 9.06. The quantitative estimate of drug-likeness (QED) is 0.844. The lowest BCUT2D eigenvalue weighted by atomic mass is 9.67. The van der Waals surface area contributed by atoms with Crippen molar-refractivity contribution in [3.8, 4) is 5.75 Å². The molecule has 0 spiro atoms. The number of hydrogen-bond acceptors (Lipinski definition) is 3. The fourth-order valence-electron chi connectivity index (χ4n) is 4.19. The highest BCUT2D eigenvalue weighted by molar-refractivity contribution is 5.88. The third kappa shape index (κ3) is 3.63. The minimum Gasteiger partial charge on any atom is -0.491 e. The average Bonchev–Trinajstić information content (AvgIpc) is 2.53. The van der Waals surface area contributed by atoms with Crippen molar-refractivity contribution in [2.24, 2.45) is 17.8 Å². The average molecular weight is 329 g/mol. The molecule has 3 rings (SSSR count). The summed E-state index contributed by atoms with van der Waals surface area (Å²) in [6, 6.07) is 6.07. The van der Waals surface area contributed by atoms with E-state index in [2.05, 4.69) is 5.32 Å². The van der Waals surface area contributed by atoms with Gasteiger partial charge in [0.15, 0.2) is 0 Å². The van der Waals surface area contributed by atoms with Gasteiger partial charge in [0, 0.05) is 17.8 Å². The number of ketones is 1. The summed E-state index contributed by atoms with van der Waals surface area (Å²) in [5.74, 6) is 1.65. The van der Waals surface area contributed by atoms with Crippen LogP contribution in [0.4, 0.5) is 0 Å². The number of aryl methyl sites for hydroxylation is 2. The molecule has 2 fully saturated rings. The van der Waals surface area contributed by atoms with E-state index in [0.717, 1.165) is 49.0 Å². The summed E-state index contributed by atoms with van der Waals surface area (Å²) in [4.78, 5) is 24.5. The van der Waals surface area contributed by atoms with E-state index in [0.29, 0.717) is 18.9 Å². The van der Waals surface area contributed by atoms with Crippen LogP contribution in [-0.2, 0) is 9.59 Å². The monoisotopic (exact) mass is 329 g/mol. The van der Waals surface area contributed by atoms with Crippen molar-refractivity contribution < 1.29 is 14.3 Å². The van der Waals surface area contributed by atoms with Crippen LogP contribution in [0.15, 0.2) is 18.2 Å². The molecule has 1 N–H and O–H groups in total. The van der Waals surface area contributed by atoms with E-state index in [1.807, 2.05) is 32.0 Å². The molecule has 4 heteroatoms. The molecule has 0 aromatic heterocycles. The summed E-state index contributed by atoms with van der Waals surface area (Å²) in [5, 5.41) is 2.99. The lowest BCUT2D eigenvalue weighted by Gasteiger charge is -2.36. The molecule has 0 saturated heterocycles. The summed E-state index contributed by atoms with van der Waals surface area (Å²) < 4.78 is 5.83. The SMILES string of the molecule is Cc1cccc(C)c1OCCNC(=O)C1C[C@H]2CCC[C@@H](C1)C2=O. The number of carbonyl (C=O) groups excluding carboxylic acids is 2. The van der Waals surface area contributed by atoms with Crippen LogP contribution in [0.3, 0.4) is 0 Å². The zero-order valence-corrected chi connectivity index (χ0v) is 14.6. The van der Waals surface area contributed by atoms with Crippen molar-refractivity contribution in [1.82, 2.24) is 5.32 Å². The number of benzene rings is 1. The molecule has 3 atom stereocenters. The highest BCUT2D eigenvalue weighted by atomic mass is 16.5. The maximum Gasteiger partial charge on any atom is 0.223 e. The van der Waals surface area contributed by atoms with E-state index in [-0.39, 0.29) is 23.7 Å². The van der Waals surface area contributed by atoms with Crippen molar-refractivity contribution in [3.05, 3.63) is 29.3 Å². The van der Waals surface area contributed by atoms with Gasteiger partial charge in [-0.3, -0.25) is 9.59 Å². The lowest BCUT2D eigenvalue weighted by molar-refractivity contribution is -0.137. The second-order valence-corrected chi connectivity index (χ2v) is 7.26. The molecule has 1 unspecified atom stereocenters. The summed E-state index contributed by atoms with van der Waals surface area (Å²) in [6.45, 7) is 5.03. The predicted octanol–water partition coefficient (Wildman–Crippen LogP) is 3.19. The van der Waals surface area contributed by atoms with Crippen LogP contribution in [0.2, 0.25) is 0 Å². The zero-order valence-electron chi connectivity index (χ0n) is 14.6. The van der Waals surface area contributed by atoms with Gasteiger partial charge in [0.25, 0.3) is 0 Å². The van der Waals surface area contributed by atoms with Crippen molar-refractivity contribution in [3.63, 3.8) is 0 Å². The Balaban J connectivity index is 1.45. The Morgan fingerprint density at radius 3 is 2.42 bits per heavy atom. The molecule has 4 nitrogen and oxygen atoms in total. The Bertz CT molecular complexity index is 589. The Kier molecular flexibility index (Phi) is 5.22. The van der Waals surface area contributed by atoms with Crippen molar-refractivity contribution in [1.29, 1.82) is 0 Å². The van der Waals surface area contributed by atoms with Crippen LogP contribution in [0, 0.1) is 31.6 Å². The van der Waals surface area contributed by atoms with Gasteiger partial charge in [-0.1, -0.05) is 24.6 Å². The van der Waals surface area contributed by atoms with Crippen LogP contribution in [0.1, 0.15) is 43.2 Å². The third-order valence-electron chi connectivity index (χ3n) is 5.48. The molecule has 24 heavy (non-hydrogen) atoms. The normalized spacial score (nSPS) is 26.1. The Labute approximate surface area is 144 Å². The molecular formula is C20H27NO3. The number of nitrogens with one attached hydrogen (secondary N) is 1. The molecule has 2 aliphatic carbocycles. The molecule has 1 amide bonds. The van der Waals surface area contributed by atoms with Crippen molar-refractivity contribution in [2.45, 2.75) is 46.0 Å². The topological polar surface area (TPSA) is 55.4 Å².